The van der Waals surface area contributed by atoms with Crippen molar-refractivity contribution in [3.63, 3.8) is 0 Å². The average Bonchev–Trinajstić information content (AvgIpc) is 3.39. The second-order valence-corrected chi connectivity index (χ2v) is 8.62. The first-order chi connectivity index (χ1) is 13.8. The molecule has 2 aliphatic heterocycles. The van der Waals surface area contributed by atoms with Gasteiger partial charge in [0.1, 0.15) is 0 Å². The van der Waals surface area contributed by atoms with E-state index < -0.39 is 0 Å². The number of halogens is 2. The molecule has 0 aromatic carbocycles. The van der Waals surface area contributed by atoms with E-state index in [2.05, 4.69) is 48.3 Å². The third-order valence-corrected chi connectivity index (χ3v) is 6.29. The number of hydrogen-bond donors (Lipinski definition) is 2. The SMILES string of the molecule is Cl.Cl.O=C(NC1CCCN(Cc2cccs2)C1)c1cn(CCN2CCNCC2)nn1. The maximum atomic E-state index is 12.6. The molecule has 4 heterocycles. The van der Waals surface area contributed by atoms with E-state index in [1.807, 2.05) is 0 Å². The van der Waals surface area contributed by atoms with Crippen molar-refractivity contribution in [2.24, 2.45) is 0 Å². The highest BCUT2D eigenvalue weighted by Crippen LogP contribution is 2.17. The van der Waals surface area contributed by atoms with Gasteiger partial charge in [0.2, 0.25) is 0 Å². The number of rotatable bonds is 7. The van der Waals surface area contributed by atoms with E-state index in [4.69, 9.17) is 0 Å². The first-order valence-corrected chi connectivity index (χ1v) is 11.0. The maximum absolute atomic E-state index is 12.6. The van der Waals surface area contributed by atoms with Crippen LogP contribution in [0, 0.1) is 0 Å². The lowest BCUT2D eigenvalue weighted by atomic mass is 10.1. The van der Waals surface area contributed by atoms with Gasteiger partial charge in [-0.3, -0.25) is 19.3 Å². The van der Waals surface area contributed by atoms with E-state index in [9.17, 15) is 4.79 Å². The van der Waals surface area contributed by atoms with Crippen LogP contribution in [0.25, 0.3) is 0 Å². The van der Waals surface area contributed by atoms with Gasteiger partial charge in [0, 0.05) is 56.7 Å². The Bertz CT molecular complexity index is 752. The van der Waals surface area contributed by atoms with Crippen LogP contribution in [0.15, 0.2) is 23.7 Å². The molecule has 11 heteroatoms. The Morgan fingerprint density at radius 2 is 2.03 bits per heavy atom. The molecule has 168 valence electrons. The fourth-order valence-electron chi connectivity index (χ4n) is 3.89. The van der Waals surface area contributed by atoms with E-state index in [0.717, 1.165) is 71.7 Å². The summed E-state index contributed by atoms with van der Waals surface area (Å²) in [4.78, 5) is 18.8. The summed E-state index contributed by atoms with van der Waals surface area (Å²) in [6, 6.07) is 4.44. The lowest BCUT2D eigenvalue weighted by molar-refractivity contribution is 0.0896. The highest BCUT2D eigenvalue weighted by atomic mass is 35.5. The number of thiophene rings is 1. The molecule has 2 aromatic rings. The summed E-state index contributed by atoms with van der Waals surface area (Å²) in [5.74, 6) is -0.114. The quantitative estimate of drug-likeness (QED) is 0.631. The summed E-state index contributed by atoms with van der Waals surface area (Å²) in [7, 11) is 0. The lowest BCUT2D eigenvalue weighted by Gasteiger charge is -2.32. The minimum Gasteiger partial charge on any atom is -0.347 e. The summed E-state index contributed by atoms with van der Waals surface area (Å²) < 4.78 is 1.78. The van der Waals surface area contributed by atoms with E-state index >= 15 is 0 Å². The number of nitrogens with one attached hydrogen (secondary N) is 2. The number of amides is 1. The highest BCUT2D eigenvalue weighted by molar-refractivity contribution is 7.09. The van der Waals surface area contributed by atoms with Gasteiger partial charge in [-0.05, 0) is 30.8 Å². The van der Waals surface area contributed by atoms with Gasteiger partial charge in [-0.1, -0.05) is 11.3 Å². The number of carbonyl (C=O) groups excluding carboxylic acids is 1. The van der Waals surface area contributed by atoms with Gasteiger partial charge in [0.05, 0.1) is 12.7 Å². The zero-order valence-electron chi connectivity index (χ0n) is 17.0. The first-order valence-electron chi connectivity index (χ1n) is 10.1. The number of piperidine rings is 1. The third kappa shape index (κ3) is 7.18. The Labute approximate surface area is 194 Å². The fourth-order valence-corrected chi connectivity index (χ4v) is 4.64. The molecule has 0 radical (unpaired) electrons. The number of likely N-dealkylation sites (tertiary alicyclic amines) is 1. The van der Waals surface area contributed by atoms with Crippen molar-refractivity contribution in [3.8, 4) is 0 Å². The van der Waals surface area contributed by atoms with Crippen molar-refractivity contribution in [2.75, 3.05) is 45.8 Å². The van der Waals surface area contributed by atoms with Crippen molar-refractivity contribution in [1.29, 1.82) is 0 Å². The van der Waals surface area contributed by atoms with E-state index in [0.29, 0.717) is 5.69 Å². The van der Waals surface area contributed by atoms with Crippen molar-refractivity contribution in [3.05, 3.63) is 34.3 Å². The number of piperazine rings is 1. The summed E-state index contributed by atoms with van der Waals surface area (Å²) >= 11 is 1.79. The van der Waals surface area contributed by atoms with Crippen molar-refractivity contribution in [1.82, 2.24) is 35.4 Å². The van der Waals surface area contributed by atoms with Crippen LogP contribution in [-0.2, 0) is 13.1 Å². The molecule has 0 spiro atoms. The summed E-state index contributed by atoms with van der Waals surface area (Å²) in [5, 5.41) is 16.8. The minimum atomic E-state index is -0.114. The van der Waals surface area contributed by atoms with E-state index in [1.165, 1.54) is 4.88 Å². The molecule has 2 N–H and O–H groups in total. The van der Waals surface area contributed by atoms with Crippen LogP contribution in [0.5, 0.6) is 0 Å². The van der Waals surface area contributed by atoms with Crippen molar-refractivity contribution >= 4 is 42.1 Å². The first kappa shape index (κ1) is 25.0. The molecule has 0 aliphatic carbocycles. The van der Waals surface area contributed by atoms with E-state index in [-0.39, 0.29) is 36.8 Å². The Morgan fingerprint density at radius 3 is 2.80 bits per heavy atom. The van der Waals surface area contributed by atoms with Crippen LogP contribution in [-0.4, -0.2) is 82.6 Å². The smallest absolute Gasteiger partial charge is 0.273 e. The maximum Gasteiger partial charge on any atom is 0.273 e. The van der Waals surface area contributed by atoms with Gasteiger partial charge in [-0.15, -0.1) is 41.2 Å². The molecule has 2 saturated heterocycles. The van der Waals surface area contributed by atoms with Crippen LogP contribution in [0.3, 0.4) is 0 Å². The van der Waals surface area contributed by atoms with Gasteiger partial charge in [0.25, 0.3) is 5.91 Å². The monoisotopic (exact) mass is 475 g/mol. The predicted molar refractivity (Wildman–Crippen MR) is 124 cm³/mol. The largest absolute Gasteiger partial charge is 0.347 e. The molecule has 30 heavy (non-hydrogen) atoms. The molecule has 1 unspecified atom stereocenters. The van der Waals surface area contributed by atoms with E-state index in [1.54, 1.807) is 22.2 Å². The van der Waals surface area contributed by atoms with Gasteiger partial charge in [-0.25, -0.2) is 0 Å². The number of nitrogens with zero attached hydrogens (tertiary/aromatic N) is 5. The lowest BCUT2D eigenvalue weighted by Crippen LogP contribution is -2.47. The standard InChI is InChI=1S/C19H29N7OS.2ClH/c27-19(18-15-26(23-22-18)11-10-24-8-5-20-6-9-24)21-16-3-1-7-25(13-16)14-17-4-2-12-28-17;;/h2,4,12,15-16,20H,1,3,5-11,13-14H2,(H,21,27);2*1H. The van der Waals surface area contributed by atoms with Gasteiger partial charge in [-0.2, -0.15) is 0 Å². The van der Waals surface area contributed by atoms with Crippen LogP contribution in [0.4, 0.5) is 0 Å². The Balaban J connectivity index is 0.00000160. The van der Waals surface area contributed by atoms with Crippen molar-refractivity contribution < 1.29 is 4.79 Å². The Kier molecular flexibility index (Phi) is 10.5. The number of aromatic nitrogens is 3. The molecular formula is C19H31Cl2N7OS. The highest BCUT2D eigenvalue weighted by Gasteiger charge is 2.23. The van der Waals surface area contributed by atoms with Crippen LogP contribution in [0.1, 0.15) is 28.2 Å². The van der Waals surface area contributed by atoms with Crippen LogP contribution in [0.2, 0.25) is 0 Å². The van der Waals surface area contributed by atoms with Crippen LogP contribution < -0.4 is 10.6 Å². The summed E-state index contributed by atoms with van der Waals surface area (Å²) in [6.07, 6.45) is 3.89. The van der Waals surface area contributed by atoms with Crippen LogP contribution >= 0.6 is 36.2 Å². The molecule has 0 bridgehead atoms. The molecular weight excluding hydrogens is 445 g/mol. The molecule has 0 saturated carbocycles. The number of carbonyl (C=O) groups is 1. The Morgan fingerprint density at radius 1 is 1.20 bits per heavy atom. The number of hydrogen-bond acceptors (Lipinski definition) is 7. The molecule has 1 amide bonds. The normalized spacial score (nSPS) is 20.2. The predicted octanol–water partition coefficient (Wildman–Crippen LogP) is 1.48. The zero-order chi connectivity index (χ0) is 19.2. The minimum absolute atomic E-state index is 0. The van der Waals surface area contributed by atoms with Gasteiger partial charge in [0.15, 0.2) is 5.69 Å². The summed E-state index contributed by atoms with van der Waals surface area (Å²) in [5.41, 5.74) is 0.413. The third-order valence-electron chi connectivity index (χ3n) is 5.43. The van der Waals surface area contributed by atoms with Gasteiger partial charge < -0.3 is 10.6 Å². The molecule has 2 aliphatic rings. The topological polar surface area (TPSA) is 78.3 Å². The second-order valence-electron chi connectivity index (χ2n) is 7.59. The second kappa shape index (κ2) is 12.6. The molecule has 2 fully saturated rings. The summed E-state index contributed by atoms with van der Waals surface area (Å²) in [6.45, 7) is 8.84. The zero-order valence-corrected chi connectivity index (χ0v) is 19.5. The van der Waals surface area contributed by atoms with Gasteiger partial charge >= 0.3 is 0 Å². The molecule has 8 nitrogen and oxygen atoms in total. The molecule has 1 atom stereocenters. The van der Waals surface area contributed by atoms with Crippen molar-refractivity contribution in [2.45, 2.75) is 32.0 Å². The Hall–Kier alpha value is -1.23. The molecule has 2 aromatic heterocycles. The molecule has 4 rings (SSSR count). The fraction of sp³-hybridized carbons (Fsp3) is 0.632. The average molecular weight is 476 g/mol.